The van der Waals surface area contributed by atoms with Crippen molar-refractivity contribution in [2.24, 2.45) is 0 Å². The standard InChI is InChI=1S/C12H14FNO3/c1-2-10(12(17)14-7-11(15)16)8-3-5-9(13)6-4-8/h3-6,10H,2,7H2,1H3,(H,14,17)(H,15,16). The lowest BCUT2D eigenvalue weighted by Gasteiger charge is -2.14. The third-order valence-electron chi connectivity index (χ3n) is 2.41. The van der Waals surface area contributed by atoms with E-state index in [-0.39, 0.29) is 11.7 Å². The molecule has 0 spiro atoms. The van der Waals surface area contributed by atoms with Crippen LogP contribution >= 0.6 is 0 Å². The van der Waals surface area contributed by atoms with Gasteiger partial charge in [0.05, 0.1) is 5.92 Å². The van der Waals surface area contributed by atoms with Gasteiger partial charge in [-0.25, -0.2) is 4.39 Å². The molecule has 0 aromatic heterocycles. The molecule has 5 heteroatoms. The van der Waals surface area contributed by atoms with E-state index in [1.54, 1.807) is 0 Å². The molecule has 0 radical (unpaired) electrons. The molecule has 1 aromatic rings. The van der Waals surface area contributed by atoms with Crippen molar-refractivity contribution in [3.05, 3.63) is 35.6 Å². The van der Waals surface area contributed by atoms with Gasteiger partial charge in [0.15, 0.2) is 0 Å². The molecule has 92 valence electrons. The van der Waals surface area contributed by atoms with Crippen molar-refractivity contribution in [1.82, 2.24) is 5.32 Å². The van der Waals surface area contributed by atoms with Crippen molar-refractivity contribution < 1.29 is 19.1 Å². The van der Waals surface area contributed by atoms with E-state index in [4.69, 9.17) is 5.11 Å². The predicted octanol–water partition coefficient (Wildman–Crippen LogP) is 1.52. The van der Waals surface area contributed by atoms with Crippen LogP contribution in [0.15, 0.2) is 24.3 Å². The topological polar surface area (TPSA) is 66.4 Å². The van der Waals surface area contributed by atoms with Crippen LogP contribution < -0.4 is 5.32 Å². The Balaban J connectivity index is 2.73. The van der Waals surface area contributed by atoms with E-state index in [1.807, 2.05) is 6.92 Å². The summed E-state index contributed by atoms with van der Waals surface area (Å²) in [5.74, 6) is -2.27. The molecule has 17 heavy (non-hydrogen) atoms. The average molecular weight is 239 g/mol. The second-order valence-electron chi connectivity index (χ2n) is 3.62. The monoisotopic (exact) mass is 239 g/mol. The van der Waals surface area contributed by atoms with Crippen molar-refractivity contribution in [2.75, 3.05) is 6.54 Å². The fourth-order valence-electron chi connectivity index (χ4n) is 1.55. The number of carbonyl (C=O) groups is 2. The van der Waals surface area contributed by atoms with Gasteiger partial charge in [-0.15, -0.1) is 0 Å². The summed E-state index contributed by atoms with van der Waals surface area (Å²) >= 11 is 0. The van der Waals surface area contributed by atoms with Crippen molar-refractivity contribution in [2.45, 2.75) is 19.3 Å². The number of carboxylic acids is 1. The number of halogens is 1. The number of carboxylic acid groups (broad SMARTS) is 1. The molecule has 1 aromatic carbocycles. The van der Waals surface area contributed by atoms with Gasteiger partial charge < -0.3 is 10.4 Å². The highest BCUT2D eigenvalue weighted by Crippen LogP contribution is 2.19. The Labute approximate surface area is 98.5 Å². The van der Waals surface area contributed by atoms with Crippen molar-refractivity contribution >= 4 is 11.9 Å². The van der Waals surface area contributed by atoms with Gasteiger partial charge in [0.2, 0.25) is 5.91 Å². The summed E-state index contributed by atoms with van der Waals surface area (Å²) < 4.78 is 12.7. The average Bonchev–Trinajstić information content (AvgIpc) is 2.30. The van der Waals surface area contributed by atoms with Crippen LogP contribution in [0.1, 0.15) is 24.8 Å². The van der Waals surface area contributed by atoms with Crippen molar-refractivity contribution in [3.8, 4) is 0 Å². The predicted molar refractivity (Wildman–Crippen MR) is 60.1 cm³/mol. The SMILES string of the molecule is CCC(C(=O)NCC(=O)O)c1ccc(F)cc1. The van der Waals surface area contributed by atoms with E-state index in [0.29, 0.717) is 12.0 Å². The van der Waals surface area contributed by atoms with Gasteiger partial charge in [0.25, 0.3) is 0 Å². The molecular formula is C12H14FNO3. The van der Waals surface area contributed by atoms with Gasteiger partial charge in [-0.1, -0.05) is 19.1 Å². The molecule has 2 N–H and O–H groups in total. The van der Waals surface area contributed by atoms with Gasteiger partial charge in [0, 0.05) is 0 Å². The van der Waals surface area contributed by atoms with E-state index >= 15 is 0 Å². The summed E-state index contributed by atoms with van der Waals surface area (Å²) in [7, 11) is 0. The lowest BCUT2D eigenvalue weighted by molar-refractivity contribution is -0.138. The van der Waals surface area contributed by atoms with Crippen molar-refractivity contribution in [3.63, 3.8) is 0 Å². The third kappa shape index (κ3) is 3.86. The zero-order valence-corrected chi connectivity index (χ0v) is 9.44. The molecular weight excluding hydrogens is 225 g/mol. The summed E-state index contributed by atoms with van der Waals surface area (Å²) in [6.07, 6.45) is 0.525. The van der Waals surface area contributed by atoms with E-state index in [9.17, 15) is 14.0 Å². The van der Waals surface area contributed by atoms with Crippen molar-refractivity contribution in [1.29, 1.82) is 0 Å². The molecule has 4 nitrogen and oxygen atoms in total. The minimum absolute atomic E-state index is 0.360. The molecule has 1 atom stereocenters. The van der Waals surface area contributed by atoms with Crippen LogP contribution in [0.2, 0.25) is 0 Å². The Morgan fingerprint density at radius 3 is 2.41 bits per heavy atom. The fraction of sp³-hybridized carbons (Fsp3) is 0.333. The number of nitrogens with one attached hydrogen (secondary N) is 1. The van der Waals surface area contributed by atoms with E-state index < -0.39 is 18.4 Å². The first-order chi connectivity index (χ1) is 8.04. The molecule has 0 aliphatic carbocycles. The van der Waals surface area contributed by atoms with Crippen LogP contribution in [0.4, 0.5) is 4.39 Å². The molecule has 0 heterocycles. The number of rotatable bonds is 5. The lowest BCUT2D eigenvalue weighted by atomic mass is 9.95. The number of hydrogen-bond donors (Lipinski definition) is 2. The maximum absolute atomic E-state index is 12.7. The number of carbonyl (C=O) groups excluding carboxylic acids is 1. The molecule has 1 unspecified atom stereocenters. The Morgan fingerprint density at radius 2 is 1.94 bits per heavy atom. The summed E-state index contributed by atoms with van der Waals surface area (Å²) in [6, 6.07) is 5.62. The van der Waals surface area contributed by atoms with Gasteiger partial charge in [-0.3, -0.25) is 9.59 Å². The van der Waals surface area contributed by atoms with Gasteiger partial charge in [-0.2, -0.15) is 0 Å². The lowest BCUT2D eigenvalue weighted by Crippen LogP contribution is -2.33. The molecule has 0 saturated heterocycles. The van der Waals surface area contributed by atoms with E-state index in [1.165, 1.54) is 24.3 Å². The second kappa shape index (κ2) is 5.98. The fourth-order valence-corrected chi connectivity index (χ4v) is 1.55. The molecule has 0 saturated carbocycles. The van der Waals surface area contributed by atoms with Gasteiger partial charge in [0.1, 0.15) is 12.4 Å². The molecule has 0 bridgehead atoms. The Kier molecular flexibility index (Phi) is 4.63. The first kappa shape index (κ1) is 13.2. The van der Waals surface area contributed by atoms with Crippen LogP contribution in [-0.4, -0.2) is 23.5 Å². The second-order valence-corrected chi connectivity index (χ2v) is 3.62. The normalized spacial score (nSPS) is 11.9. The molecule has 0 aliphatic heterocycles. The highest BCUT2D eigenvalue weighted by atomic mass is 19.1. The van der Waals surface area contributed by atoms with Crippen LogP contribution in [0.3, 0.4) is 0 Å². The maximum atomic E-state index is 12.7. The number of hydrogen-bond acceptors (Lipinski definition) is 2. The van der Waals surface area contributed by atoms with Crippen LogP contribution in [0.5, 0.6) is 0 Å². The third-order valence-corrected chi connectivity index (χ3v) is 2.41. The summed E-state index contributed by atoms with van der Waals surface area (Å²) in [6.45, 7) is 1.41. The Hall–Kier alpha value is -1.91. The summed E-state index contributed by atoms with van der Waals surface area (Å²) in [5, 5.41) is 10.8. The first-order valence-corrected chi connectivity index (χ1v) is 5.29. The molecule has 1 rings (SSSR count). The molecule has 0 aliphatic rings. The quantitative estimate of drug-likeness (QED) is 0.818. The number of benzene rings is 1. The summed E-state index contributed by atoms with van der Waals surface area (Å²) in [5.41, 5.74) is 0.678. The highest BCUT2D eigenvalue weighted by Gasteiger charge is 2.18. The summed E-state index contributed by atoms with van der Waals surface area (Å²) in [4.78, 5) is 22.0. The van der Waals surface area contributed by atoms with Crippen LogP contribution in [-0.2, 0) is 9.59 Å². The van der Waals surface area contributed by atoms with E-state index in [2.05, 4.69) is 5.32 Å². The zero-order valence-electron chi connectivity index (χ0n) is 9.44. The van der Waals surface area contributed by atoms with Gasteiger partial charge in [-0.05, 0) is 24.1 Å². The van der Waals surface area contributed by atoms with Crippen LogP contribution in [0.25, 0.3) is 0 Å². The first-order valence-electron chi connectivity index (χ1n) is 5.29. The Morgan fingerprint density at radius 1 is 1.35 bits per heavy atom. The number of aliphatic carboxylic acids is 1. The van der Waals surface area contributed by atoms with E-state index in [0.717, 1.165) is 0 Å². The molecule has 1 amide bonds. The maximum Gasteiger partial charge on any atom is 0.322 e. The highest BCUT2D eigenvalue weighted by molar-refractivity contribution is 5.86. The molecule has 0 fully saturated rings. The smallest absolute Gasteiger partial charge is 0.322 e. The minimum atomic E-state index is -1.09. The van der Waals surface area contributed by atoms with Crippen LogP contribution in [0, 0.1) is 5.82 Å². The number of amides is 1. The largest absolute Gasteiger partial charge is 0.480 e. The Bertz CT molecular complexity index is 403. The zero-order chi connectivity index (χ0) is 12.8. The minimum Gasteiger partial charge on any atom is -0.480 e. The van der Waals surface area contributed by atoms with Gasteiger partial charge >= 0.3 is 5.97 Å².